The van der Waals surface area contributed by atoms with Crippen molar-refractivity contribution in [3.05, 3.63) is 47.8 Å². The predicted octanol–water partition coefficient (Wildman–Crippen LogP) is 3.19. The molecule has 5 heteroatoms. The highest BCUT2D eigenvalue weighted by Crippen LogP contribution is 2.18. The van der Waals surface area contributed by atoms with Crippen molar-refractivity contribution in [1.29, 1.82) is 0 Å². The zero-order chi connectivity index (χ0) is 14.5. The van der Waals surface area contributed by atoms with Crippen LogP contribution in [0.5, 0.6) is 5.88 Å². The molecule has 0 atom stereocenters. The van der Waals surface area contributed by atoms with E-state index >= 15 is 0 Å². The second-order valence-corrected chi connectivity index (χ2v) is 5.16. The van der Waals surface area contributed by atoms with Crippen LogP contribution in [-0.4, -0.2) is 23.3 Å². The fourth-order valence-electron chi connectivity index (χ4n) is 2.45. The summed E-state index contributed by atoms with van der Waals surface area (Å²) in [7, 11) is 0. The number of nitrogens with zero attached hydrogens (tertiary/aromatic N) is 3. The molecule has 110 valence electrons. The minimum atomic E-state index is -0.268. The predicted molar refractivity (Wildman–Crippen MR) is 78.8 cm³/mol. The van der Waals surface area contributed by atoms with Gasteiger partial charge in [-0.15, -0.1) is 10.2 Å². The Hall–Kier alpha value is -2.17. The molecule has 0 aliphatic carbocycles. The lowest BCUT2D eigenvalue weighted by Gasteiger charge is -2.27. The van der Waals surface area contributed by atoms with Crippen molar-refractivity contribution in [3.8, 4) is 5.88 Å². The quantitative estimate of drug-likeness (QED) is 0.865. The Morgan fingerprint density at radius 1 is 1.00 bits per heavy atom. The monoisotopic (exact) mass is 287 g/mol. The van der Waals surface area contributed by atoms with E-state index in [1.165, 1.54) is 25.3 Å². The van der Waals surface area contributed by atoms with Gasteiger partial charge in [0.15, 0.2) is 5.82 Å². The maximum atomic E-state index is 13.5. The molecule has 2 aromatic rings. The largest absolute Gasteiger partial charge is 0.472 e. The summed E-state index contributed by atoms with van der Waals surface area (Å²) >= 11 is 0. The molecule has 0 bridgehead atoms. The van der Waals surface area contributed by atoms with E-state index in [4.69, 9.17) is 4.74 Å². The zero-order valence-electron chi connectivity index (χ0n) is 11.8. The van der Waals surface area contributed by atoms with Gasteiger partial charge in [-0.05, 0) is 31.4 Å². The molecule has 1 aliphatic rings. The second-order valence-electron chi connectivity index (χ2n) is 5.16. The highest BCUT2D eigenvalue weighted by Gasteiger charge is 2.12. The Bertz CT molecular complexity index is 582. The van der Waals surface area contributed by atoms with Gasteiger partial charge in [-0.25, -0.2) is 4.39 Å². The summed E-state index contributed by atoms with van der Waals surface area (Å²) < 4.78 is 19.0. The number of hydrogen-bond acceptors (Lipinski definition) is 4. The third-order valence-electron chi connectivity index (χ3n) is 3.64. The van der Waals surface area contributed by atoms with Gasteiger partial charge >= 0.3 is 0 Å². The molecule has 0 spiro atoms. The summed E-state index contributed by atoms with van der Waals surface area (Å²) in [6, 6.07) is 10.3. The van der Waals surface area contributed by atoms with Crippen LogP contribution in [0.1, 0.15) is 24.8 Å². The van der Waals surface area contributed by atoms with Gasteiger partial charge < -0.3 is 9.64 Å². The van der Waals surface area contributed by atoms with Crippen LogP contribution < -0.4 is 9.64 Å². The number of anilines is 1. The SMILES string of the molecule is Fc1ccccc1COc1ccc(N2CCCCC2)nn1. The minimum Gasteiger partial charge on any atom is -0.472 e. The third-order valence-corrected chi connectivity index (χ3v) is 3.64. The van der Waals surface area contributed by atoms with Crippen LogP contribution in [0.4, 0.5) is 10.2 Å². The van der Waals surface area contributed by atoms with Crippen LogP contribution in [-0.2, 0) is 6.61 Å². The van der Waals surface area contributed by atoms with E-state index < -0.39 is 0 Å². The van der Waals surface area contributed by atoms with Gasteiger partial charge in [0.05, 0.1) is 0 Å². The van der Waals surface area contributed by atoms with Crippen LogP contribution in [0.3, 0.4) is 0 Å². The van der Waals surface area contributed by atoms with Gasteiger partial charge in [0.1, 0.15) is 12.4 Å². The molecule has 1 saturated heterocycles. The Morgan fingerprint density at radius 2 is 1.81 bits per heavy atom. The normalized spacial score (nSPS) is 15.0. The molecule has 0 saturated carbocycles. The van der Waals surface area contributed by atoms with E-state index in [0.29, 0.717) is 11.4 Å². The number of aromatic nitrogens is 2. The van der Waals surface area contributed by atoms with Crippen molar-refractivity contribution >= 4 is 5.82 Å². The number of ether oxygens (including phenoxy) is 1. The number of benzene rings is 1. The van der Waals surface area contributed by atoms with Crippen molar-refractivity contribution in [1.82, 2.24) is 10.2 Å². The summed E-state index contributed by atoms with van der Waals surface area (Å²) in [5.41, 5.74) is 0.513. The zero-order valence-corrected chi connectivity index (χ0v) is 11.8. The van der Waals surface area contributed by atoms with Gasteiger partial charge in [-0.2, -0.15) is 0 Å². The molecule has 0 amide bonds. The first-order chi connectivity index (χ1) is 10.3. The van der Waals surface area contributed by atoms with Gasteiger partial charge in [-0.1, -0.05) is 18.2 Å². The molecular weight excluding hydrogens is 269 g/mol. The molecule has 21 heavy (non-hydrogen) atoms. The molecule has 1 aliphatic heterocycles. The lowest BCUT2D eigenvalue weighted by molar-refractivity contribution is 0.284. The molecule has 3 rings (SSSR count). The molecule has 1 aromatic carbocycles. The number of rotatable bonds is 4. The highest BCUT2D eigenvalue weighted by atomic mass is 19.1. The Morgan fingerprint density at radius 3 is 2.52 bits per heavy atom. The van der Waals surface area contributed by atoms with Crippen LogP contribution in [0, 0.1) is 5.82 Å². The summed E-state index contributed by atoms with van der Waals surface area (Å²) in [5.74, 6) is 1.03. The van der Waals surface area contributed by atoms with E-state index in [9.17, 15) is 4.39 Å². The number of piperidine rings is 1. The van der Waals surface area contributed by atoms with Gasteiger partial charge in [-0.3, -0.25) is 0 Å². The first-order valence-corrected chi connectivity index (χ1v) is 7.28. The Labute approximate surface area is 123 Å². The molecule has 0 unspecified atom stereocenters. The Balaban J connectivity index is 1.60. The second kappa shape index (κ2) is 6.52. The topological polar surface area (TPSA) is 38.2 Å². The lowest BCUT2D eigenvalue weighted by atomic mass is 10.1. The maximum absolute atomic E-state index is 13.5. The third kappa shape index (κ3) is 3.48. The summed E-state index contributed by atoms with van der Waals surface area (Å²) in [4.78, 5) is 2.23. The van der Waals surface area contributed by atoms with E-state index in [2.05, 4.69) is 15.1 Å². The standard InChI is InChI=1S/C16H18FN3O/c17-14-7-3-2-6-13(14)12-21-16-9-8-15(18-19-16)20-10-4-1-5-11-20/h2-3,6-9H,1,4-5,10-12H2. The van der Waals surface area contributed by atoms with Crippen molar-refractivity contribution in [2.45, 2.75) is 25.9 Å². The van der Waals surface area contributed by atoms with Gasteiger partial charge in [0.2, 0.25) is 5.88 Å². The van der Waals surface area contributed by atoms with Gasteiger partial charge in [0, 0.05) is 24.7 Å². The average molecular weight is 287 g/mol. The number of halogens is 1. The first kappa shape index (κ1) is 13.8. The molecule has 4 nitrogen and oxygen atoms in total. The molecule has 0 N–H and O–H groups in total. The summed E-state index contributed by atoms with van der Waals surface area (Å²) in [6.07, 6.45) is 3.69. The molecule has 0 radical (unpaired) electrons. The maximum Gasteiger partial charge on any atom is 0.233 e. The fourth-order valence-corrected chi connectivity index (χ4v) is 2.45. The van der Waals surface area contributed by atoms with Crippen molar-refractivity contribution < 1.29 is 9.13 Å². The number of hydrogen-bond donors (Lipinski definition) is 0. The average Bonchev–Trinajstić information content (AvgIpc) is 2.55. The van der Waals surface area contributed by atoms with E-state index in [-0.39, 0.29) is 12.4 Å². The van der Waals surface area contributed by atoms with Crippen LogP contribution in [0.15, 0.2) is 36.4 Å². The van der Waals surface area contributed by atoms with Gasteiger partial charge in [0.25, 0.3) is 0 Å². The lowest BCUT2D eigenvalue weighted by Crippen LogP contribution is -2.30. The highest BCUT2D eigenvalue weighted by molar-refractivity contribution is 5.38. The molecule has 1 aromatic heterocycles. The van der Waals surface area contributed by atoms with Crippen molar-refractivity contribution in [2.75, 3.05) is 18.0 Å². The van der Waals surface area contributed by atoms with E-state index in [0.717, 1.165) is 18.9 Å². The minimum absolute atomic E-state index is 0.157. The molecular formula is C16H18FN3O. The van der Waals surface area contributed by atoms with Crippen LogP contribution in [0.25, 0.3) is 0 Å². The first-order valence-electron chi connectivity index (χ1n) is 7.28. The summed E-state index contributed by atoms with van der Waals surface area (Å²) in [6.45, 7) is 2.22. The van der Waals surface area contributed by atoms with E-state index in [1.54, 1.807) is 24.3 Å². The van der Waals surface area contributed by atoms with Crippen molar-refractivity contribution in [3.63, 3.8) is 0 Å². The van der Waals surface area contributed by atoms with Crippen LogP contribution >= 0.6 is 0 Å². The molecule has 1 fully saturated rings. The Kier molecular flexibility index (Phi) is 4.28. The summed E-state index contributed by atoms with van der Waals surface area (Å²) in [5, 5.41) is 8.26. The molecule has 2 heterocycles. The fraction of sp³-hybridized carbons (Fsp3) is 0.375. The van der Waals surface area contributed by atoms with E-state index in [1.807, 2.05) is 6.07 Å². The smallest absolute Gasteiger partial charge is 0.233 e. The van der Waals surface area contributed by atoms with Crippen LogP contribution in [0.2, 0.25) is 0 Å². The van der Waals surface area contributed by atoms with Crippen molar-refractivity contribution in [2.24, 2.45) is 0 Å².